The van der Waals surface area contributed by atoms with Crippen LogP contribution in [0.25, 0.3) is 10.2 Å². The van der Waals surface area contributed by atoms with Gasteiger partial charge in [-0.15, -0.1) is 11.3 Å². The SMILES string of the molecule is Oc1ccccc1CCCNc1ncnc2sc3c(c12)CCNC3. The Kier molecular flexibility index (Phi) is 4.32. The summed E-state index contributed by atoms with van der Waals surface area (Å²) in [5.41, 5.74) is 2.39. The largest absolute Gasteiger partial charge is 0.508 e. The molecule has 0 amide bonds. The summed E-state index contributed by atoms with van der Waals surface area (Å²) in [6, 6.07) is 7.52. The van der Waals surface area contributed by atoms with Gasteiger partial charge in [-0.2, -0.15) is 0 Å². The van der Waals surface area contributed by atoms with Gasteiger partial charge in [-0.05, 0) is 43.0 Å². The van der Waals surface area contributed by atoms with Gasteiger partial charge in [0.05, 0.1) is 5.39 Å². The second-order valence-corrected chi connectivity index (χ2v) is 7.08. The van der Waals surface area contributed by atoms with E-state index in [-0.39, 0.29) is 0 Å². The average Bonchev–Trinajstić information content (AvgIpc) is 2.99. The Morgan fingerprint density at radius 3 is 3.08 bits per heavy atom. The third-order valence-electron chi connectivity index (χ3n) is 4.42. The Morgan fingerprint density at radius 2 is 2.17 bits per heavy atom. The molecule has 0 unspecified atom stereocenters. The third-order valence-corrected chi connectivity index (χ3v) is 5.56. The van der Waals surface area contributed by atoms with E-state index in [1.165, 1.54) is 15.8 Å². The highest BCUT2D eigenvalue weighted by molar-refractivity contribution is 7.18. The van der Waals surface area contributed by atoms with Crippen LogP contribution in [0.15, 0.2) is 30.6 Å². The third kappa shape index (κ3) is 2.95. The number of fused-ring (bicyclic) bond motifs is 3. The summed E-state index contributed by atoms with van der Waals surface area (Å²) >= 11 is 1.77. The summed E-state index contributed by atoms with van der Waals surface area (Å²) < 4.78 is 0. The van der Waals surface area contributed by atoms with E-state index in [4.69, 9.17) is 0 Å². The second-order valence-electron chi connectivity index (χ2n) is 5.99. The monoisotopic (exact) mass is 340 g/mol. The topological polar surface area (TPSA) is 70.1 Å². The van der Waals surface area contributed by atoms with Crippen molar-refractivity contribution in [1.29, 1.82) is 0 Å². The smallest absolute Gasteiger partial charge is 0.138 e. The van der Waals surface area contributed by atoms with Crippen LogP contribution in [0.4, 0.5) is 5.82 Å². The highest BCUT2D eigenvalue weighted by Crippen LogP contribution is 2.35. The van der Waals surface area contributed by atoms with E-state index in [2.05, 4.69) is 20.6 Å². The first-order chi connectivity index (χ1) is 11.8. The molecule has 3 heterocycles. The maximum atomic E-state index is 9.83. The molecule has 6 heteroatoms. The predicted molar refractivity (Wildman–Crippen MR) is 97.7 cm³/mol. The number of aryl methyl sites for hydroxylation is 1. The van der Waals surface area contributed by atoms with Crippen molar-refractivity contribution in [3.8, 4) is 5.75 Å². The van der Waals surface area contributed by atoms with Crippen molar-refractivity contribution in [3.63, 3.8) is 0 Å². The van der Waals surface area contributed by atoms with Gasteiger partial charge in [0.1, 0.15) is 22.7 Å². The van der Waals surface area contributed by atoms with Crippen LogP contribution in [-0.2, 0) is 19.4 Å². The van der Waals surface area contributed by atoms with E-state index in [0.717, 1.165) is 55.1 Å². The molecule has 0 spiro atoms. The molecule has 1 aliphatic heterocycles. The molecule has 1 aromatic carbocycles. The number of phenols is 1. The summed E-state index contributed by atoms with van der Waals surface area (Å²) in [5, 5.41) is 17.9. The van der Waals surface area contributed by atoms with Crippen molar-refractivity contribution in [1.82, 2.24) is 15.3 Å². The fourth-order valence-electron chi connectivity index (χ4n) is 3.20. The molecule has 124 valence electrons. The van der Waals surface area contributed by atoms with Crippen molar-refractivity contribution < 1.29 is 5.11 Å². The molecule has 4 rings (SSSR count). The minimum absolute atomic E-state index is 0.376. The maximum absolute atomic E-state index is 9.83. The number of hydrogen-bond donors (Lipinski definition) is 3. The first-order valence-corrected chi connectivity index (χ1v) is 9.11. The van der Waals surface area contributed by atoms with Gasteiger partial charge >= 0.3 is 0 Å². The summed E-state index contributed by atoms with van der Waals surface area (Å²) in [6.07, 6.45) is 4.47. The lowest BCUT2D eigenvalue weighted by atomic mass is 10.1. The van der Waals surface area contributed by atoms with Crippen LogP contribution >= 0.6 is 11.3 Å². The Hall–Kier alpha value is -2.18. The fraction of sp³-hybridized carbons (Fsp3) is 0.333. The predicted octanol–water partition coefficient (Wildman–Crippen LogP) is 3.09. The van der Waals surface area contributed by atoms with Crippen LogP contribution < -0.4 is 10.6 Å². The number of thiophene rings is 1. The Morgan fingerprint density at radius 1 is 1.25 bits per heavy atom. The lowest BCUT2D eigenvalue weighted by molar-refractivity contribution is 0.467. The van der Waals surface area contributed by atoms with Crippen LogP contribution in [0.3, 0.4) is 0 Å². The Balaban J connectivity index is 1.47. The molecule has 3 aromatic rings. The van der Waals surface area contributed by atoms with Gasteiger partial charge in [-0.3, -0.25) is 0 Å². The number of rotatable bonds is 5. The molecule has 0 atom stereocenters. The van der Waals surface area contributed by atoms with E-state index in [1.807, 2.05) is 18.2 Å². The normalized spacial score (nSPS) is 13.8. The first kappa shape index (κ1) is 15.4. The molecule has 0 aliphatic carbocycles. The molecule has 5 nitrogen and oxygen atoms in total. The number of aromatic nitrogens is 2. The van der Waals surface area contributed by atoms with E-state index < -0.39 is 0 Å². The lowest BCUT2D eigenvalue weighted by Crippen LogP contribution is -2.22. The fourth-order valence-corrected chi connectivity index (χ4v) is 4.36. The summed E-state index contributed by atoms with van der Waals surface area (Å²) in [5.74, 6) is 1.32. The van der Waals surface area contributed by atoms with Crippen LogP contribution in [-0.4, -0.2) is 28.2 Å². The number of anilines is 1. The van der Waals surface area contributed by atoms with Gasteiger partial charge < -0.3 is 15.7 Å². The number of nitrogens with zero attached hydrogens (tertiary/aromatic N) is 2. The molecule has 0 radical (unpaired) electrons. The van der Waals surface area contributed by atoms with Gasteiger partial charge in [0.25, 0.3) is 0 Å². The molecule has 0 bridgehead atoms. The van der Waals surface area contributed by atoms with E-state index in [0.29, 0.717) is 5.75 Å². The zero-order valence-electron chi connectivity index (χ0n) is 13.4. The van der Waals surface area contributed by atoms with Crippen molar-refractivity contribution in [3.05, 3.63) is 46.6 Å². The minimum atomic E-state index is 0.376. The number of hydrogen-bond acceptors (Lipinski definition) is 6. The number of aromatic hydroxyl groups is 1. The zero-order chi connectivity index (χ0) is 16.4. The van der Waals surface area contributed by atoms with Gasteiger partial charge in [-0.1, -0.05) is 18.2 Å². The van der Waals surface area contributed by atoms with E-state index in [1.54, 1.807) is 23.7 Å². The van der Waals surface area contributed by atoms with Crippen molar-refractivity contribution >= 4 is 27.4 Å². The standard InChI is InChI=1S/C18H20N4OS/c23-14-6-2-1-4-12(14)5-3-8-20-17-16-13-7-9-19-10-15(13)24-18(16)22-11-21-17/h1-2,4,6,11,19,23H,3,5,7-10H2,(H,20,21,22). The molecule has 24 heavy (non-hydrogen) atoms. The minimum Gasteiger partial charge on any atom is -0.508 e. The lowest BCUT2D eigenvalue weighted by Gasteiger charge is -2.13. The van der Waals surface area contributed by atoms with Crippen molar-refractivity contribution in [2.75, 3.05) is 18.4 Å². The van der Waals surface area contributed by atoms with Gasteiger partial charge in [0.15, 0.2) is 0 Å². The first-order valence-electron chi connectivity index (χ1n) is 8.29. The number of phenolic OH excluding ortho intramolecular Hbond substituents is 1. The van der Waals surface area contributed by atoms with Crippen molar-refractivity contribution in [2.45, 2.75) is 25.8 Å². The maximum Gasteiger partial charge on any atom is 0.138 e. The van der Waals surface area contributed by atoms with E-state index >= 15 is 0 Å². The molecule has 0 saturated carbocycles. The Bertz CT molecular complexity index is 861. The Labute approximate surface area is 144 Å². The second kappa shape index (κ2) is 6.75. The van der Waals surface area contributed by atoms with Crippen LogP contribution in [0.5, 0.6) is 5.75 Å². The summed E-state index contributed by atoms with van der Waals surface area (Å²) in [7, 11) is 0. The number of benzene rings is 1. The highest BCUT2D eigenvalue weighted by Gasteiger charge is 2.19. The average molecular weight is 340 g/mol. The summed E-state index contributed by atoms with van der Waals surface area (Å²) in [6.45, 7) is 2.77. The van der Waals surface area contributed by atoms with E-state index in [9.17, 15) is 5.11 Å². The molecular weight excluding hydrogens is 320 g/mol. The highest BCUT2D eigenvalue weighted by atomic mass is 32.1. The summed E-state index contributed by atoms with van der Waals surface area (Å²) in [4.78, 5) is 11.4. The van der Waals surface area contributed by atoms with Crippen molar-refractivity contribution in [2.24, 2.45) is 0 Å². The van der Waals surface area contributed by atoms with Crippen LogP contribution in [0.1, 0.15) is 22.4 Å². The quantitative estimate of drug-likeness (QED) is 0.623. The molecule has 3 N–H and O–H groups in total. The van der Waals surface area contributed by atoms with Gasteiger partial charge in [-0.25, -0.2) is 9.97 Å². The number of para-hydroxylation sites is 1. The van der Waals surface area contributed by atoms with Crippen LogP contribution in [0.2, 0.25) is 0 Å². The van der Waals surface area contributed by atoms with Crippen LogP contribution in [0, 0.1) is 0 Å². The molecule has 0 saturated heterocycles. The molecule has 1 aliphatic rings. The molecule has 2 aromatic heterocycles. The van der Waals surface area contributed by atoms with Gasteiger partial charge in [0.2, 0.25) is 0 Å². The van der Waals surface area contributed by atoms with Gasteiger partial charge in [0, 0.05) is 18.0 Å². The number of nitrogens with one attached hydrogen (secondary N) is 2. The molecular formula is C18H20N4OS. The zero-order valence-corrected chi connectivity index (χ0v) is 14.2. The molecule has 0 fully saturated rings.